The molecule has 0 N–H and O–H groups in total. The molecular formula is C15H18N2O2S. The summed E-state index contributed by atoms with van der Waals surface area (Å²) in [5.41, 5.74) is -0.00391. The van der Waals surface area contributed by atoms with Crippen molar-refractivity contribution in [2.24, 2.45) is 0 Å². The van der Waals surface area contributed by atoms with Crippen LogP contribution in [-0.4, -0.2) is 45.2 Å². The number of fused-ring (bicyclic) bond motifs is 1. The van der Waals surface area contributed by atoms with Crippen LogP contribution in [0.25, 0.3) is 10.1 Å². The Labute approximate surface area is 122 Å². The Morgan fingerprint density at radius 3 is 2.55 bits per heavy atom. The molecule has 0 aliphatic carbocycles. The monoisotopic (exact) mass is 290 g/mol. The van der Waals surface area contributed by atoms with E-state index in [-0.39, 0.29) is 5.43 Å². The second-order valence-corrected chi connectivity index (χ2v) is 6.09. The summed E-state index contributed by atoms with van der Waals surface area (Å²) in [4.78, 5) is 17.1. The topological polar surface area (TPSA) is 32.8 Å². The number of benzene rings is 1. The molecule has 0 bridgehead atoms. The molecule has 2 heterocycles. The van der Waals surface area contributed by atoms with Gasteiger partial charge in [0.15, 0.2) is 0 Å². The van der Waals surface area contributed by atoms with Gasteiger partial charge in [0.25, 0.3) is 0 Å². The Balaban J connectivity index is 2.12. The summed E-state index contributed by atoms with van der Waals surface area (Å²) in [6.45, 7) is 3.88. The molecule has 5 heteroatoms. The minimum atomic E-state index is -0.00391. The molecule has 1 saturated heterocycles. The second kappa shape index (κ2) is 5.42. The first-order valence-corrected chi connectivity index (χ1v) is 7.55. The fraction of sp³-hybridized carbons (Fsp3) is 0.400. The van der Waals surface area contributed by atoms with Crippen LogP contribution in [0.15, 0.2) is 29.1 Å². The summed E-state index contributed by atoms with van der Waals surface area (Å²) in [5, 5.41) is 1.71. The molecule has 1 aliphatic rings. The van der Waals surface area contributed by atoms with Crippen molar-refractivity contribution >= 4 is 26.4 Å². The predicted octanol–water partition coefficient (Wildman–Crippen LogP) is 2.02. The third kappa shape index (κ3) is 2.27. The van der Waals surface area contributed by atoms with Crippen molar-refractivity contribution in [2.45, 2.75) is 0 Å². The highest BCUT2D eigenvalue weighted by Gasteiger charge is 2.21. The summed E-state index contributed by atoms with van der Waals surface area (Å²) in [7, 11) is 3.70. The number of ether oxygens (including phenoxy) is 1. The zero-order valence-electron chi connectivity index (χ0n) is 11.8. The first-order chi connectivity index (χ1) is 9.70. The van der Waals surface area contributed by atoms with Gasteiger partial charge in [-0.15, -0.1) is 11.3 Å². The Kier molecular flexibility index (Phi) is 3.63. The number of piperazine rings is 1. The van der Waals surface area contributed by atoms with Crippen LogP contribution in [0.2, 0.25) is 0 Å². The summed E-state index contributed by atoms with van der Waals surface area (Å²) in [6, 6.07) is 7.73. The van der Waals surface area contributed by atoms with E-state index < -0.39 is 0 Å². The zero-order chi connectivity index (χ0) is 14.1. The van der Waals surface area contributed by atoms with Gasteiger partial charge in [-0.05, 0) is 19.2 Å². The van der Waals surface area contributed by atoms with Crippen molar-refractivity contribution in [1.29, 1.82) is 0 Å². The molecule has 1 aromatic carbocycles. The number of likely N-dealkylation sites (N-methyl/N-ethyl adjacent to an activating group) is 1. The van der Waals surface area contributed by atoms with Gasteiger partial charge in [0.05, 0.1) is 7.11 Å². The Morgan fingerprint density at radius 1 is 1.15 bits per heavy atom. The van der Waals surface area contributed by atoms with Crippen LogP contribution in [0, 0.1) is 0 Å². The van der Waals surface area contributed by atoms with Crippen molar-refractivity contribution in [3.63, 3.8) is 0 Å². The highest BCUT2D eigenvalue weighted by molar-refractivity contribution is 7.22. The van der Waals surface area contributed by atoms with Gasteiger partial charge in [0, 0.05) is 36.3 Å². The van der Waals surface area contributed by atoms with E-state index in [1.54, 1.807) is 18.4 Å². The minimum Gasteiger partial charge on any atom is -0.490 e. The summed E-state index contributed by atoms with van der Waals surface area (Å²) in [5.74, 6) is 0.484. The van der Waals surface area contributed by atoms with Gasteiger partial charge in [0.1, 0.15) is 5.00 Å². The van der Waals surface area contributed by atoms with E-state index in [9.17, 15) is 4.79 Å². The molecule has 2 aromatic rings. The van der Waals surface area contributed by atoms with Crippen LogP contribution < -0.4 is 15.1 Å². The van der Waals surface area contributed by atoms with E-state index in [0.29, 0.717) is 5.75 Å². The fourth-order valence-corrected chi connectivity index (χ4v) is 3.72. The van der Waals surface area contributed by atoms with Gasteiger partial charge in [-0.1, -0.05) is 12.1 Å². The van der Waals surface area contributed by atoms with E-state index in [4.69, 9.17) is 4.74 Å². The highest BCUT2D eigenvalue weighted by atomic mass is 32.1. The maximum Gasteiger partial charge on any atom is 0.232 e. The van der Waals surface area contributed by atoms with E-state index in [1.165, 1.54) is 0 Å². The molecule has 106 valence electrons. The summed E-state index contributed by atoms with van der Waals surface area (Å²) >= 11 is 1.64. The molecule has 1 fully saturated rings. The normalized spacial score (nSPS) is 16.6. The lowest BCUT2D eigenvalue weighted by molar-refractivity contribution is 0.311. The molecule has 0 spiro atoms. The Morgan fingerprint density at radius 2 is 1.85 bits per heavy atom. The molecule has 0 atom stereocenters. The van der Waals surface area contributed by atoms with Crippen molar-refractivity contribution in [3.8, 4) is 5.75 Å². The van der Waals surface area contributed by atoms with Gasteiger partial charge in [-0.2, -0.15) is 0 Å². The standard InChI is InChI=1S/C15H18N2O2S/c1-16-7-9-17(10-8-16)15-14(19-2)13(18)11-5-3-4-6-12(11)20-15/h3-6H,7-10H2,1-2H3. The van der Waals surface area contributed by atoms with Crippen LogP contribution in [0.4, 0.5) is 5.00 Å². The number of rotatable bonds is 2. The van der Waals surface area contributed by atoms with E-state index >= 15 is 0 Å². The molecule has 20 heavy (non-hydrogen) atoms. The Hall–Kier alpha value is -1.59. The maximum atomic E-state index is 12.5. The number of hydrogen-bond acceptors (Lipinski definition) is 5. The van der Waals surface area contributed by atoms with Crippen LogP contribution in [0.3, 0.4) is 0 Å². The van der Waals surface area contributed by atoms with Gasteiger partial charge >= 0.3 is 0 Å². The lowest BCUT2D eigenvalue weighted by atomic mass is 10.2. The molecular weight excluding hydrogens is 272 g/mol. The van der Waals surface area contributed by atoms with Gasteiger partial charge < -0.3 is 14.5 Å². The van der Waals surface area contributed by atoms with E-state index in [2.05, 4.69) is 16.8 Å². The SMILES string of the molecule is COc1c(N2CCN(C)CC2)sc2ccccc2c1=O. The lowest BCUT2D eigenvalue weighted by Crippen LogP contribution is -2.44. The molecule has 1 aliphatic heterocycles. The minimum absolute atomic E-state index is 0.00391. The molecule has 0 saturated carbocycles. The highest BCUT2D eigenvalue weighted by Crippen LogP contribution is 2.35. The van der Waals surface area contributed by atoms with E-state index in [0.717, 1.165) is 41.3 Å². The molecule has 0 amide bonds. The second-order valence-electron chi connectivity index (χ2n) is 5.06. The van der Waals surface area contributed by atoms with Gasteiger partial charge in [-0.3, -0.25) is 4.79 Å². The van der Waals surface area contributed by atoms with Crippen LogP contribution >= 0.6 is 11.3 Å². The number of nitrogens with zero attached hydrogens (tertiary/aromatic N) is 2. The van der Waals surface area contributed by atoms with Crippen LogP contribution in [-0.2, 0) is 0 Å². The lowest BCUT2D eigenvalue weighted by Gasteiger charge is -2.34. The van der Waals surface area contributed by atoms with Crippen molar-refractivity contribution in [2.75, 3.05) is 45.2 Å². The molecule has 1 aromatic heterocycles. The van der Waals surface area contributed by atoms with Crippen LogP contribution in [0.1, 0.15) is 0 Å². The van der Waals surface area contributed by atoms with Crippen molar-refractivity contribution in [3.05, 3.63) is 34.5 Å². The van der Waals surface area contributed by atoms with E-state index in [1.807, 2.05) is 24.3 Å². The van der Waals surface area contributed by atoms with Crippen molar-refractivity contribution < 1.29 is 4.74 Å². The molecule has 0 radical (unpaired) electrons. The number of methoxy groups -OCH3 is 1. The largest absolute Gasteiger partial charge is 0.490 e. The van der Waals surface area contributed by atoms with Gasteiger partial charge in [0.2, 0.25) is 11.2 Å². The first-order valence-electron chi connectivity index (χ1n) is 6.74. The quantitative estimate of drug-likeness (QED) is 0.847. The summed E-state index contributed by atoms with van der Waals surface area (Å²) in [6.07, 6.45) is 0. The average Bonchev–Trinajstić information content (AvgIpc) is 2.48. The van der Waals surface area contributed by atoms with Gasteiger partial charge in [-0.25, -0.2) is 0 Å². The third-order valence-corrected chi connectivity index (χ3v) is 4.95. The molecule has 4 nitrogen and oxygen atoms in total. The maximum absolute atomic E-state index is 12.5. The number of hydrogen-bond donors (Lipinski definition) is 0. The Bertz CT molecular complexity index is 675. The summed E-state index contributed by atoms with van der Waals surface area (Å²) < 4.78 is 6.43. The van der Waals surface area contributed by atoms with Crippen molar-refractivity contribution in [1.82, 2.24) is 4.90 Å². The molecule has 3 rings (SSSR count). The average molecular weight is 290 g/mol. The smallest absolute Gasteiger partial charge is 0.232 e. The third-order valence-electron chi connectivity index (χ3n) is 3.73. The zero-order valence-corrected chi connectivity index (χ0v) is 12.6. The first kappa shape index (κ1) is 13.4. The molecule has 0 unspecified atom stereocenters. The predicted molar refractivity (Wildman–Crippen MR) is 84.4 cm³/mol. The van der Waals surface area contributed by atoms with Crippen LogP contribution in [0.5, 0.6) is 5.75 Å². The fourth-order valence-electron chi connectivity index (χ4n) is 2.51. The number of anilines is 1.